The first-order chi connectivity index (χ1) is 7.99. The van der Waals surface area contributed by atoms with Crippen molar-refractivity contribution < 1.29 is 4.74 Å². The van der Waals surface area contributed by atoms with Crippen molar-refractivity contribution in [3.63, 3.8) is 0 Å². The highest BCUT2D eigenvalue weighted by Gasteiger charge is 2.28. The zero-order chi connectivity index (χ0) is 12.6. The van der Waals surface area contributed by atoms with Crippen molar-refractivity contribution in [2.24, 2.45) is 18.7 Å². The predicted molar refractivity (Wildman–Crippen MR) is 70.8 cm³/mol. The lowest BCUT2D eigenvalue weighted by molar-refractivity contribution is 0.118. The molecular weight excluding hydrogens is 282 g/mol. The minimum Gasteiger partial charge on any atom is -0.378 e. The molecule has 0 saturated carbocycles. The van der Waals surface area contributed by atoms with Gasteiger partial charge >= 0.3 is 0 Å². The Kier molecular flexibility index (Phi) is 3.90. The average Bonchev–Trinajstić information content (AvgIpc) is 2.79. The molecule has 4 nitrogen and oxygen atoms in total. The summed E-state index contributed by atoms with van der Waals surface area (Å²) in [6, 6.07) is 0.144. The summed E-state index contributed by atoms with van der Waals surface area (Å²) in [5.41, 5.74) is 8.47. The molecule has 2 rings (SSSR count). The number of rotatable bonds is 3. The van der Waals surface area contributed by atoms with Crippen molar-refractivity contribution in [1.82, 2.24) is 9.78 Å². The Balaban J connectivity index is 2.05. The Bertz CT molecular complexity index is 405. The summed E-state index contributed by atoms with van der Waals surface area (Å²) < 4.78 is 8.58. The van der Waals surface area contributed by atoms with Crippen LogP contribution in [0.4, 0.5) is 0 Å². The number of aryl methyl sites for hydroxylation is 2. The number of nitrogens with zero attached hydrogens (tertiary/aromatic N) is 2. The van der Waals surface area contributed by atoms with E-state index in [1.54, 1.807) is 0 Å². The Morgan fingerprint density at radius 3 is 2.82 bits per heavy atom. The third-order valence-corrected chi connectivity index (χ3v) is 4.56. The van der Waals surface area contributed by atoms with E-state index in [0.29, 0.717) is 12.0 Å². The fourth-order valence-corrected chi connectivity index (χ4v) is 2.94. The zero-order valence-electron chi connectivity index (χ0n) is 10.6. The second-order valence-corrected chi connectivity index (χ2v) is 5.77. The summed E-state index contributed by atoms with van der Waals surface area (Å²) in [5.74, 6) is 0.465. The fourth-order valence-electron chi connectivity index (χ4n) is 2.44. The summed E-state index contributed by atoms with van der Waals surface area (Å²) in [4.78, 5) is 0. The van der Waals surface area contributed by atoms with Gasteiger partial charge in [-0.25, -0.2) is 0 Å². The molecule has 1 fully saturated rings. The summed E-state index contributed by atoms with van der Waals surface area (Å²) >= 11 is 3.58. The molecule has 0 aromatic carbocycles. The van der Waals surface area contributed by atoms with Gasteiger partial charge in [0, 0.05) is 25.4 Å². The van der Waals surface area contributed by atoms with Gasteiger partial charge in [-0.3, -0.25) is 4.68 Å². The molecule has 1 aliphatic heterocycles. The van der Waals surface area contributed by atoms with E-state index >= 15 is 0 Å². The lowest BCUT2D eigenvalue weighted by Gasteiger charge is -2.18. The lowest BCUT2D eigenvalue weighted by Crippen LogP contribution is -2.33. The maximum atomic E-state index is 6.28. The fraction of sp³-hybridized carbons (Fsp3) is 0.750. The van der Waals surface area contributed by atoms with E-state index in [9.17, 15) is 0 Å². The highest BCUT2D eigenvalue weighted by Crippen LogP contribution is 2.26. The van der Waals surface area contributed by atoms with E-state index < -0.39 is 0 Å². The van der Waals surface area contributed by atoms with E-state index in [1.165, 1.54) is 5.69 Å². The Morgan fingerprint density at radius 2 is 2.35 bits per heavy atom. The smallest absolute Gasteiger partial charge is 0.0738 e. The van der Waals surface area contributed by atoms with Crippen LogP contribution in [0.25, 0.3) is 0 Å². The van der Waals surface area contributed by atoms with Gasteiger partial charge in [-0.2, -0.15) is 5.10 Å². The number of aromatic nitrogens is 2. The molecule has 3 unspecified atom stereocenters. The molecule has 2 N–H and O–H groups in total. The highest BCUT2D eigenvalue weighted by molar-refractivity contribution is 9.10. The quantitative estimate of drug-likeness (QED) is 0.926. The van der Waals surface area contributed by atoms with Crippen LogP contribution in [0.2, 0.25) is 0 Å². The maximum Gasteiger partial charge on any atom is 0.0738 e. The monoisotopic (exact) mass is 301 g/mol. The predicted octanol–water partition coefficient (Wildman–Crippen LogP) is 1.79. The molecule has 0 spiro atoms. The summed E-state index contributed by atoms with van der Waals surface area (Å²) in [5, 5.41) is 4.39. The van der Waals surface area contributed by atoms with Gasteiger partial charge < -0.3 is 10.5 Å². The molecule has 1 aliphatic rings. The highest BCUT2D eigenvalue weighted by atomic mass is 79.9. The minimum atomic E-state index is 0.144. The van der Waals surface area contributed by atoms with Gasteiger partial charge in [0.2, 0.25) is 0 Å². The van der Waals surface area contributed by atoms with Crippen LogP contribution < -0.4 is 5.73 Å². The Morgan fingerprint density at radius 1 is 1.65 bits per heavy atom. The van der Waals surface area contributed by atoms with Crippen molar-refractivity contribution in [3.05, 3.63) is 15.9 Å². The maximum absolute atomic E-state index is 6.28. The van der Waals surface area contributed by atoms with E-state index in [-0.39, 0.29) is 6.04 Å². The summed E-state index contributed by atoms with van der Waals surface area (Å²) in [6.07, 6.45) is 2.26. The van der Waals surface area contributed by atoms with Gasteiger partial charge in [-0.15, -0.1) is 0 Å². The Labute approximate surface area is 111 Å². The van der Waals surface area contributed by atoms with Crippen LogP contribution in [0.3, 0.4) is 0 Å². The number of ether oxygens (including phenoxy) is 1. The summed E-state index contributed by atoms with van der Waals surface area (Å²) in [6.45, 7) is 4.90. The first-order valence-electron chi connectivity index (χ1n) is 6.04. The normalized spacial score (nSPS) is 26.4. The van der Waals surface area contributed by atoms with Crippen molar-refractivity contribution in [2.75, 3.05) is 6.61 Å². The molecule has 17 heavy (non-hydrogen) atoms. The first kappa shape index (κ1) is 13.1. The molecule has 1 saturated heterocycles. The van der Waals surface area contributed by atoms with Crippen LogP contribution in [-0.2, 0) is 18.2 Å². The second kappa shape index (κ2) is 5.08. The van der Waals surface area contributed by atoms with Crippen molar-refractivity contribution in [1.29, 1.82) is 0 Å². The van der Waals surface area contributed by atoms with Gasteiger partial charge in [0.1, 0.15) is 0 Å². The van der Waals surface area contributed by atoms with E-state index in [2.05, 4.69) is 28.0 Å². The van der Waals surface area contributed by atoms with Crippen LogP contribution >= 0.6 is 15.9 Å². The van der Waals surface area contributed by atoms with Gasteiger partial charge in [0.05, 0.1) is 28.6 Å². The van der Waals surface area contributed by atoms with E-state index in [1.807, 2.05) is 18.7 Å². The van der Waals surface area contributed by atoms with Crippen LogP contribution in [0.5, 0.6) is 0 Å². The SMILES string of the molecule is Cc1nn(C)c(CC(N)C2COC(C)C2)c1Br. The van der Waals surface area contributed by atoms with Crippen molar-refractivity contribution >= 4 is 15.9 Å². The van der Waals surface area contributed by atoms with Crippen LogP contribution in [0.1, 0.15) is 24.7 Å². The van der Waals surface area contributed by atoms with Gasteiger partial charge in [-0.05, 0) is 36.2 Å². The van der Waals surface area contributed by atoms with Crippen molar-refractivity contribution in [2.45, 2.75) is 38.8 Å². The molecule has 0 amide bonds. The molecule has 3 atom stereocenters. The molecule has 5 heteroatoms. The van der Waals surface area contributed by atoms with Gasteiger partial charge in [0.15, 0.2) is 0 Å². The molecule has 2 heterocycles. The van der Waals surface area contributed by atoms with Crippen LogP contribution in [-0.4, -0.2) is 28.5 Å². The molecule has 0 bridgehead atoms. The lowest BCUT2D eigenvalue weighted by atomic mass is 9.94. The number of halogens is 1. The number of hydrogen-bond acceptors (Lipinski definition) is 3. The molecule has 96 valence electrons. The largest absolute Gasteiger partial charge is 0.378 e. The average molecular weight is 302 g/mol. The standard InChI is InChI=1S/C12H20BrN3O/c1-7-4-9(6-17-7)10(14)5-11-12(13)8(2)15-16(11)3/h7,9-10H,4-6,14H2,1-3H3. The molecular formula is C12H20BrN3O. The van der Waals surface area contributed by atoms with E-state index in [4.69, 9.17) is 10.5 Å². The second-order valence-electron chi connectivity index (χ2n) is 4.98. The topological polar surface area (TPSA) is 53.1 Å². The minimum absolute atomic E-state index is 0.144. The van der Waals surface area contributed by atoms with Gasteiger partial charge in [0.25, 0.3) is 0 Å². The molecule has 0 aliphatic carbocycles. The third kappa shape index (κ3) is 2.72. The molecule has 0 radical (unpaired) electrons. The number of hydrogen-bond donors (Lipinski definition) is 1. The summed E-state index contributed by atoms with van der Waals surface area (Å²) in [7, 11) is 1.97. The first-order valence-corrected chi connectivity index (χ1v) is 6.83. The zero-order valence-corrected chi connectivity index (χ0v) is 12.2. The molecule has 1 aromatic rings. The van der Waals surface area contributed by atoms with Crippen LogP contribution in [0, 0.1) is 12.8 Å². The number of nitrogens with two attached hydrogens (primary N) is 1. The third-order valence-electron chi connectivity index (χ3n) is 3.53. The van der Waals surface area contributed by atoms with Crippen LogP contribution in [0.15, 0.2) is 4.47 Å². The Hall–Kier alpha value is -0.390. The van der Waals surface area contributed by atoms with Crippen molar-refractivity contribution in [3.8, 4) is 0 Å². The molecule has 1 aromatic heterocycles. The van der Waals surface area contributed by atoms with Gasteiger partial charge in [-0.1, -0.05) is 0 Å². The van der Waals surface area contributed by atoms with E-state index in [0.717, 1.165) is 29.6 Å².